The summed E-state index contributed by atoms with van der Waals surface area (Å²) in [5.74, 6) is 0.912. The molecule has 88 valence electrons. The molecule has 0 rings (SSSR count). The molecule has 0 aliphatic carbocycles. The Balaban J connectivity index is 3.42. The van der Waals surface area contributed by atoms with Crippen molar-refractivity contribution in [2.24, 2.45) is 5.92 Å². The molecule has 0 spiro atoms. The first-order valence-corrected chi connectivity index (χ1v) is 5.83. The average molecular weight is 232 g/mol. The van der Waals surface area contributed by atoms with E-state index in [9.17, 15) is 9.59 Å². The van der Waals surface area contributed by atoms with Crippen molar-refractivity contribution in [3.8, 4) is 0 Å². The van der Waals surface area contributed by atoms with Gasteiger partial charge in [0, 0.05) is 25.9 Å². The summed E-state index contributed by atoms with van der Waals surface area (Å²) < 4.78 is 0. The maximum Gasteiger partial charge on any atom is 0.221 e. The van der Waals surface area contributed by atoms with Crippen molar-refractivity contribution in [1.29, 1.82) is 0 Å². The molecule has 15 heavy (non-hydrogen) atoms. The largest absolute Gasteiger partial charge is 0.356 e. The van der Waals surface area contributed by atoms with Crippen molar-refractivity contribution in [3.05, 3.63) is 0 Å². The van der Waals surface area contributed by atoms with E-state index in [0.717, 1.165) is 0 Å². The van der Waals surface area contributed by atoms with Gasteiger partial charge in [0.2, 0.25) is 11.8 Å². The summed E-state index contributed by atoms with van der Waals surface area (Å²) in [6.45, 7) is 5.16. The minimum absolute atomic E-state index is 0.0186. The molecule has 0 saturated heterocycles. The lowest BCUT2D eigenvalue weighted by Gasteiger charge is -2.08. The molecule has 0 saturated carbocycles. The van der Waals surface area contributed by atoms with Gasteiger partial charge in [-0.15, -0.1) is 0 Å². The van der Waals surface area contributed by atoms with Crippen LogP contribution < -0.4 is 10.6 Å². The van der Waals surface area contributed by atoms with E-state index in [1.165, 1.54) is 0 Å². The lowest BCUT2D eigenvalue weighted by Crippen LogP contribution is -2.32. The van der Waals surface area contributed by atoms with Crippen molar-refractivity contribution < 1.29 is 9.59 Å². The molecule has 0 bridgehead atoms. The number of nitrogens with one attached hydrogen (secondary N) is 2. The van der Waals surface area contributed by atoms with Crippen LogP contribution in [0, 0.1) is 5.92 Å². The lowest BCUT2D eigenvalue weighted by atomic mass is 10.2. The van der Waals surface area contributed by atoms with E-state index in [4.69, 9.17) is 0 Å². The third-order valence-electron chi connectivity index (χ3n) is 1.72. The van der Waals surface area contributed by atoms with E-state index in [1.807, 2.05) is 13.8 Å². The highest BCUT2D eigenvalue weighted by Crippen LogP contribution is 1.88. The zero-order chi connectivity index (χ0) is 11.7. The molecule has 0 unspecified atom stereocenters. The summed E-state index contributed by atoms with van der Waals surface area (Å²) >= 11 is 3.94. The molecule has 5 heteroatoms. The van der Waals surface area contributed by atoms with Gasteiger partial charge in [0.15, 0.2) is 0 Å². The molecule has 2 amide bonds. The van der Waals surface area contributed by atoms with Crippen LogP contribution in [0.25, 0.3) is 0 Å². The standard InChI is InChI=1S/C10H20N2O2S/c1-8(2)7-12-9(13)3-5-11-10(14)4-6-15/h8,15H,3-7H2,1-2H3,(H,11,14)(H,12,13). The maximum atomic E-state index is 11.2. The third-order valence-corrected chi connectivity index (χ3v) is 1.94. The van der Waals surface area contributed by atoms with Crippen LogP contribution in [-0.2, 0) is 9.59 Å². The molecule has 2 N–H and O–H groups in total. The first-order valence-electron chi connectivity index (χ1n) is 5.20. The Bertz CT molecular complexity index is 208. The van der Waals surface area contributed by atoms with Crippen LogP contribution in [0.1, 0.15) is 26.7 Å². The minimum Gasteiger partial charge on any atom is -0.356 e. The SMILES string of the molecule is CC(C)CNC(=O)CCNC(=O)CCS. The molecule has 0 heterocycles. The Morgan fingerprint density at radius 1 is 1.13 bits per heavy atom. The van der Waals surface area contributed by atoms with E-state index in [2.05, 4.69) is 23.3 Å². The summed E-state index contributed by atoms with van der Waals surface area (Å²) in [6, 6.07) is 0. The molecule has 0 aromatic heterocycles. The van der Waals surface area contributed by atoms with Crippen LogP contribution in [-0.4, -0.2) is 30.7 Å². The van der Waals surface area contributed by atoms with Gasteiger partial charge in [-0.1, -0.05) is 13.8 Å². The van der Waals surface area contributed by atoms with Gasteiger partial charge in [-0.3, -0.25) is 9.59 Å². The van der Waals surface area contributed by atoms with Crippen LogP contribution in [0.3, 0.4) is 0 Å². The molecule has 0 aromatic carbocycles. The van der Waals surface area contributed by atoms with E-state index >= 15 is 0 Å². The molecule has 4 nitrogen and oxygen atoms in total. The van der Waals surface area contributed by atoms with Crippen LogP contribution in [0.2, 0.25) is 0 Å². The topological polar surface area (TPSA) is 58.2 Å². The van der Waals surface area contributed by atoms with Gasteiger partial charge in [-0.05, 0) is 11.7 Å². The van der Waals surface area contributed by atoms with Crippen LogP contribution in [0.15, 0.2) is 0 Å². The quantitative estimate of drug-likeness (QED) is 0.563. The number of thiol groups is 1. The zero-order valence-electron chi connectivity index (χ0n) is 9.38. The second-order valence-corrected chi connectivity index (χ2v) is 4.22. The van der Waals surface area contributed by atoms with Gasteiger partial charge in [-0.2, -0.15) is 12.6 Å². The summed E-state index contributed by atoms with van der Waals surface area (Å²) in [7, 11) is 0. The number of hydrogen-bond acceptors (Lipinski definition) is 3. The fourth-order valence-corrected chi connectivity index (χ4v) is 1.11. The number of carbonyl (C=O) groups excluding carboxylic acids is 2. The Morgan fingerprint density at radius 3 is 2.27 bits per heavy atom. The second-order valence-electron chi connectivity index (χ2n) is 3.77. The molecule has 0 aliphatic rings. The summed E-state index contributed by atoms with van der Waals surface area (Å²) in [4.78, 5) is 22.2. The predicted octanol–water partition coefficient (Wildman–Crippen LogP) is 0.585. The molecule has 0 atom stereocenters. The first-order chi connectivity index (χ1) is 7.06. The van der Waals surface area contributed by atoms with Crippen LogP contribution in [0.5, 0.6) is 0 Å². The Morgan fingerprint density at radius 2 is 1.73 bits per heavy atom. The smallest absolute Gasteiger partial charge is 0.221 e. The lowest BCUT2D eigenvalue weighted by molar-refractivity contribution is -0.122. The van der Waals surface area contributed by atoms with Gasteiger partial charge < -0.3 is 10.6 Å². The highest BCUT2D eigenvalue weighted by atomic mass is 32.1. The van der Waals surface area contributed by atoms with Gasteiger partial charge >= 0.3 is 0 Å². The number of hydrogen-bond donors (Lipinski definition) is 3. The molecule has 0 radical (unpaired) electrons. The zero-order valence-corrected chi connectivity index (χ0v) is 10.3. The van der Waals surface area contributed by atoms with Crippen molar-refractivity contribution in [2.45, 2.75) is 26.7 Å². The summed E-state index contributed by atoms with van der Waals surface area (Å²) in [5.41, 5.74) is 0. The monoisotopic (exact) mass is 232 g/mol. The fraction of sp³-hybridized carbons (Fsp3) is 0.800. The Kier molecular flexibility index (Phi) is 8.18. The van der Waals surface area contributed by atoms with Crippen LogP contribution in [0.4, 0.5) is 0 Å². The minimum atomic E-state index is -0.0540. The van der Waals surface area contributed by atoms with Crippen LogP contribution >= 0.6 is 12.6 Å². The molecule has 0 aliphatic heterocycles. The molecular weight excluding hydrogens is 212 g/mol. The highest BCUT2D eigenvalue weighted by molar-refractivity contribution is 7.80. The van der Waals surface area contributed by atoms with E-state index < -0.39 is 0 Å². The van der Waals surface area contributed by atoms with Crippen molar-refractivity contribution in [1.82, 2.24) is 10.6 Å². The Labute approximate surface area is 96.6 Å². The molecule has 0 fully saturated rings. The van der Waals surface area contributed by atoms with E-state index in [1.54, 1.807) is 0 Å². The van der Waals surface area contributed by atoms with Gasteiger partial charge in [0.1, 0.15) is 0 Å². The van der Waals surface area contributed by atoms with Crippen molar-refractivity contribution in [3.63, 3.8) is 0 Å². The fourth-order valence-electron chi connectivity index (χ4n) is 0.912. The van der Waals surface area contributed by atoms with Gasteiger partial charge in [0.05, 0.1) is 0 Å². The number of carbonyl (C=O) groups is 2. The predicted molar refractivity (Wildman–Crippen MR) is 63.9 cm³/mol. The normalized spacial score (nSPS) is 10.1. The van der Waals surface area contributed by atoms with Crippen molar-refractivity contribution in [2.75, 3.05) is 18.8 Å². The van der Waals surface area contributed by atoms with Crippen molar-refractivity contribution >= 4 is 24.4 Å². The molecule has 0 aromatic rings. The average Bonchev–Trinajstić information content (AvgIpc) is 2.15. The molecular formula is C10H20N2O2S. The third kappa shape index (κ3) is 9.59. The second kappa shape index (κ2) is 8.59. The number of rotatable bonds is 7. The Hall–Kier alpha value is -0.710. The summed E-state index contributed by atoms with van der Waals surface area (Å²) in [5, 5.41) is 5.44. The van der Waals surface area contributed by atoms with Gasteiger partial charge in [-0.25, -0.2) is 0 Å². The van der Waals surface area contributed by atoms with Gasteiger partial charge in [0.25, 0.3) is 0 Å². The maximum absolute atomic E-state index is 11.2. The first kappa shape index (κ1) is 14.3. The van der Waals surface area contributed by atoms with E-state index in [-0.39, 0.29) is 11.8 Å². The summed E-state index contributed by atoms with van der Waals surface area (Å²) in [6.07, 6.45) is 0.738. The van der Waals surface area contributed by atoms with E-state index in [0.29, 0.717) is 37.6 Å². The highest BCUT2D eigenvalue weighted by Gasteiger charge is 2.03. The number of amides is 2.